The summed E-state index contributed by atoms with van der Waals surface area (Å²) in [7, 11) is 1.51. The Morgan fingerprint density at radius 2 is 1.62 bits per heavy atom. The predicted octanol–water partition coefficient (Wildman–Crippen LogP) is 3.40. The highest BCUT2D eigenvalue weighted by Gasteiger charge is 2.09. The van der Waals surface area contributed by atoms with Gasteiger partial charge in [-0.15, -0.1) is 12.4 Å². The van der Waals surface area contributed by atoms with Crippen LogP contribution in [-0.2, 0) is 0 Å². The SMILES string of the molecule is COc1cc(-c2ccc(F)c(F)c2)ccc1OCCN.Cl. The molecule has 0 saturated heterocycles. The molecule has 0 spiro atoms. The van der Waals surface area contributed by atoms with Crippen LogP contribution in [0.4, 0.5) is 8.78 Å². The largest absolute Gasteiger partial charge is 0.493 e. The Hall–Kier alpha value is -1.85. The van der Waals surface area contributed by atoms with Gasteiger partial charge in [0.05, 0.1) is 7.11 Å². The lowest BCUT2D eigenvalue weighted by Crippen LogP contribution is -2.11. The van der Waals surface area contributed by atoms with Crippen LogP contribution in [-0.4, -0.2) is 20.3 Å². The molecular weight excluding hydrogens is 300 g/mol. The van der Waals surface area contributed by atoms with Gasteiger partial charge >= 0.3 is 0 Å². The van der Waals surface area contributed by atoms with Gasteiger partial charge in [-0.2, -0.15) is 0 Å². The van der Waals surface area contributed by atoms with Gasteiger partial charge in [0.2, 0.25) is 0 Å². The maximum absolute atomic E-state index is 13.2. The fourth-order valence-corrected chi connectivity index (χ4v) is 1.81. The van der Waals surface area contributed by atoms with E-state index in [2.05, 4.69) is 0 Å². The van der Waals surface area contributed by atoms with Crippen molar-refractivity contribution in [2.75, 3.05) is 20.3 Å². The van der Waals surface area contributed by atoms with Crippen molar-refractivity contribution >= 4 is 12.4 Å². The first-order valence-corrected chi connectivity index (χ1v) is 6.12. The van der Waals surface area contributed by atoms with Gasteiger partial charge in [-0.3, -0.25) is 0 Å². The van der Waals surface area contributed by atoms with Crippen LogP contribution in [0.1, 0.15) is 0 Å². The molecule has 0 aromatic heterocycles. The third-order valence-corrected chi connectivity index (χ3v) is 2.79. The zero-order valence-electron chi connectivity index (χ0n) is 11.4. The molecule has 2 aromatic carbocycles. The van der Waals surface area contributed by atoms with E-state index in [1.54, 1.807) is 18.2 Å². The highest BCUT2D eigenvalue weighted by Crippen LogP contribution is 2.32. The molecule has 0 bridgehead atoms. The first kappa shape index (κ1) is 17.2. The van der Waals surface area contributed by atoms with Crippen molar-refractivity contribution in [2.45, 2.75) is 0 Å². The molecule has 0 fully saturated rings. The average molecular weight is 316 g/mol. The quantitative estimate of drug-likeness (QED) is 0.919. The summed E-state index contributed by atoms with van der Waals surface area (Å²) in [4.78, 5) is 0. The van der Waals surface area contributed by atoms with Crippen molar-refractivity contribution in [3.63, 3.8) is 0 Å². The van der Waals surface area contributed by atoms with E-state index in [-0.39, 0.29) is 12.4 Å². The first-order valence-electron chi connectivity index (χ1n) is 6.12. The minimum absolute atomic E-state index is 0. The summed E-state index contributed by atoms with van der Waals surface area (Å²) in [5.74, 6) is -0.682. The highest BCUT2D eigenvalue weighted by molar-refractivity contribution is 5.85. The number of ether oxygens (including phenoxy) is 2. The van der Waals surface area contributed by atoms with Crippen LogP contribution in [0.2, 0.25) is 0 Å². The van der Waals surface area contributed by atoms with Crippen molar-refractivity contribution in [2.24, 2.45) is 5.73 Å². The third-order valence-electron chi connectivity index (χ3n) is 2.79. The molecule has 0 radical (unpaired) electrons. The molecule has 0 amide bonds. The lowest BCUT2D eigenvalue weighted by Gasteiger charge is -2.12. The minimum atomic E-state index is -0.884. The van der Waals surface area contributed by atoms with E-state index in [1.807, 2.05) is 0 Å². The molecule has 2 aromatic rings. The third kappa shape index (κ3) is 4.06. The van der Waals surface area contributed by atoms with Gasteiger partial charge in [-0.25, -0.2) is 8.78 Å². The molecule has 6 heteroatoms. The second kappa shape index (κ2) is 7.81. The number of hydrogen-bond acceptors (Lipinski definition) is 3. The number of benzene rings is 2. The monoisotopic (exact) mass is 315 g/mol. The van der Waals surface area contributed by atoms with E-state index in [1.165, 1.54) is 13.2 Å². The molecule has 21 heavy (non-hydrogen) atoms. The van der Waals surface area contributed by atoms with E-state index in [9.17, 15) is 8.78 Å². The van der Waals surface area contributed by atoms with Crippen LogP contribution in [0.25, 0.3) is 11.1 Å². The van der Waals surface area contributed by atoms with Crippen LogP contribution < -0.4 is 15.2 Å². The lowest BCUT2D eigenvalue weighted by molar-refractivity contribution is 0.302. The van der Waals surface area contributed by atoms with E-state index < -0.39 is 11.6 Å². The summed E-state index contributed by atoms with van der Waals surface area (Å²) in [6.45, 7) is 0.773. The molecule has 2 rings (SSSR count). The number of nitrogens with two attached hydrogens (primary N) is 1. The van der Waals surface area contributed by atoms with Crippen molar-refractivity contribution in [1.29, 1.82) is 0 Å². The maximum atomic E-state index is 13.2. The Bertz CT molecular complexity index is 608. The molecule has 0 aliphatic heterocycles. The standard InChI is InChI=1S/C15H15F2NO2.ClH/c1-19-15-9-11(3-5-14(15)20-7-6-18)10-2-4-12(16)13(17)8-10;/h2-5,8-9H,6-7,18H2,1H3;1H. The van der Waals surface area contributed by atoms with Crippen molar-refractivity contribution in [3.8, 4) is 22.6 Å². The van der Waals surface area contributed by atoms with Crippen LogP contribution in [0.3, 0.4) is 0 Å². The molecule has 114 valence electrons. The van der Waals surface area contributed by atoms with Crippen molar-refractivity contribution in [1.82, 2.24) is 0 Å². The summed E-state index contributed by atoms with van der Waals surface area (Å²) in [6.07, 6.45) is 0. The fourth-order valence-electron chi connectivity index (χ4n) is 1.81. The zero-order chi connectivity index (χ0) is 14.5. The molecule has 0 aliphatic carbocycles. The van der Waals surface area contributed by atoms with Crippen LogP contribution in [0, 0.1) is 11.6 Å². The predicted molar refractivity (Wildman–Crippen MR) is 80.1 cm³/mol. The van der Waals surface area contributed by atoms with Gasteiger partial charge in [-0.1, -0.05) is 12.1 Å². The molecule has 3 nitrogen and oxygen atoms in total. The van der Waals surface area contributed by atoms with Crippen molar-refractivity contribution < 1.29 is 18.3 Å². The molecule has 0 aliphatic rings. The molecule has 0 heterocycles. The van der Waals surface area contributed by atoms with Crippen LogP contribution >= 0.6 is 12.4 Å². The van der Waals surface area contributed by atoms with Gasteiger partial charge in [0.25, 0.3) is 0 Å². The average Bonchev–Trinajstić information content (AvgIpc) is 2.47. The summed E-state index contributed by atoms with van der Waals surface area (Å²) < 4.78 is 36.8. The van der Waals surface area contributed by atoms with Gasteiger partial charge in [0.1, 0.15) is 6.61 Å². The van der Waals surface area contributed by atoms with E-state index in [4.69, 9.17) is 15.2 Å². The van der Waals surface area contributed by atoms with E-state index in [0.29, 0.717) is 35.8 Å². The Morgan fingerprint density at radius 1 is 0.952 bits per heavy atom. The van der Waals surface area contributed by atoms with E-state index >= 15 is 0 Å². The van der Waals surface area contributed by atoms with Crippen molar-refractivity contribution in [3.05, 3.63) is 48.0 Å². The summed E-state index contributed by atoms with van der Waals surface area (Å²) in [6, 6.07) is 8.92. The van der Waals surface area contributed by atoms with Gasteiger partial charge in [0, 0.05) is 6.54 Å². The van der Waals surface area contributed by atoms with Gasteiger partial charge in [-0.05, 0) is 35.4 Å². The Balaban J connectivity index is 0.00000220. The smallest absolute Gasteiger partial charge is 0.161 e. The zero-order valence-corrected chi connectivity index (χ0v) is 12.3. The topological polar surface area (TPSA) is 44.5 Å². The first-order chi connectivity index (χ1) is 9.65. The van der Waals surface area contributed by atoms with Gasteiger partial charge < -0.3 is 15.2 Å². The number of halogens is 3. The van der Waals surface area contributed by atoms with E-state index in [0.717, 1.165) is 12.1 Å². The van der Waals surface area contributed by atoms with Crippen LogP contribution in [0.5, 0.6) is 11.5 Å². The fraction of sp³-hybridized carbons (Fsp3) is 0.200. The summed E-state index contributed by atoms with van der Waals surface area (Å²) in [5.41, 5.74) is 6.65. The molecular formula is C15H16ClF2NO2. The lowest BCUT2D eigenvalue weighted by atomic mass is 10.0. The van der Waals surface area contributed by atoms with Gasteiger partial charge in [0.15, 0.2) is 23.1 Å². The normalized spacial score (nSPS) is 9.90. The second-order valence-electron chi connectivity index (χ2n) is 4.13. The number of rotatable bonds is 5. The Labute approximate surface area is 128 Å². The minimum Gasteiger partial charge on any atom is -0.493 e. The molecule has 2 N–H and O–H groups in total. The van der Waals surface area contributed by atoms with Crippen LogP contribution in [0.15, 0.2) is 36.4 Å². The maximum Gasteiger partial charge on any atom is 0.161 e. The Kier molecular flexibility index (Phi) is 6.39. The molecule has 0 unspecified atom stereocenters. The Morgan fingerprint density at radius 3 is 2.24 bits per heavy atom. The summed E-state index contributed by atoms with van der Waals surface area (Å²) in [5, 5.41) is 0. The second-order valence-corrected chi connectivity index (χ2v) is 4.13. The number of methoxy groups -OCH3 is 1. The summed E-state index contributed by atoms with van der Waals surface area (Å²) >= 11 is 0. The number of hydrogen-bond donors (Lipinski definition) is 1. The highest BCUT2D eigenvalue weighted by atomic mass is 35.5. The molecule has 0 atom stereocenters. The molecule has 0 saturated carbocycles.